The van der Waals surface area contributed by atoms with Crippen LogP contribution in [0.15, 0.2) is 35.4 Å². The SMILES string of the molecule is Cc1cnc(Cl)c(NS(=O)(=O)c2cccc(Cl)c2F)c1. The summed E-state index contributed by atoms with van der Waals surface area (Å²) in [5, 5.41) is -0.303. The zero-order chi connectivity index (χ0) is 14.9. The summed E-state index contributed by atoms with van der Waals surface area (Å²) in [4.78, 5) is 3.26. The fourth-order valence-corrected chi connectivity index (χ4v) is 3.11. The van der Waals surface area contributed by atoms with Gasteiger partial charge in [-0.3, -0.25) is 4.72 Å². The average molecular weight is 335 g/mol. The van der Waals surface area contributed by atoms with Gasteiger partial charge in [-0.25, -0.2) is 17.8 Å². The molecule has 0 fully saturated rings. The van der Waals surface area contributed by atoms with E-state index in [1.807, 2.05) is 0 Å². The highest BCUT2D eigenvalue weighted by molar-refractivity contribution is 7.92. The molecule has 0 aliphatic rings. The third-order valence-electron chi connectivity index (χ3n) is 2.43. The topological polar surface area (TPSA) is 59.1 Å². The number of aromatic nitrogens is 1. The van der Waals surface area contributed by atoms with Crippen LogP contribution in [0.3, 0.4) is 0 Å². The van der Waals surface area contributed by atoms with Crippen LogP contribution in [-0.2, 0) is 10.0 Å². The second kappa shape index (κ2) is 5.55. The molecule has 1 aromatic heterocycles. The van der Waals surface area contributed by atoms with Gasteiger partial charge in [-0.15, -0.1) is 0 Å². The largest absolute Gasteiger partial charge is 0.276 e. The van der Waals surface area contributed by atoms with Crippen molar-refractivity contribution in [3.05, 3.63) is 52.0 Å². The molecule has 0 unspecified atom stereocenters. The Morgan fingerprint density at radius 3 is 2.70 bits per heavy atom. The van der Waals surface area contributed by atoms with Gasteiger partial charge in [-0.2, -0.15) is 0 Å². The fourth-order valence-electron chi connectivity index (χ4n) is 1.52. The maximum atomic E-state index is 13.8. The van der Waals surface area contributed by atoms with Crippen molar-refractivity contribution in [1.29, 1.82) is 0 Å². The van der Waals surface area contributed by atoms with Gasteiger partial charge in [-0.1, -0.05) is 29.3 Å². The van der Waals surface area contributed by atoms with Crippen LogP contribution in [-0.4, -0.2) is 13.4 Å². The summed E-state index contributed by atoms with van der Waals surface area (Å²) in [6.07, 6.45) is 1.49. The van der Waals surface area contributed by atoms with Gasteiger partial charge in [0.2, 0.25) is 0 Å². The Morgan fingerprint density at radius 2 is 2.00 bits per heavy atom. The van der Waals surface area contributed by atoms with E-state index >= 15 is 0 Å². The number of sulfonamides is 1. The molecule has 0 aliphatic carbocycles. The van der Waals surface area contributed by atoms with E-state index in [1.165, 1.54) is 24.4 Å². The zero-order valence-corrected chi connectivity index (χ0v) is 12.5. The molecule has 2 aromatic rings. The smallest absolute Gasteiger partial charge is 0.264 e. The first-order valence-corrected chi connectivity index (χ1v) is 7.64. The summed E-state index contributed by atoms with van der Waals surface area (Å²) < 4.78 is 40.3. The summed E-state index contributed by atoms with van der Waals surface area (Å²) in [6.45, 7) is 1.72. The lowest BCUT2D eigenvalue weighted by atomic mass is 10.3. The number of hydrogen-bond donors (Lipinski definition) is 1. The van der Waals surface area contributed by atoms with Gasteiger partial charge < -0.3 is 0 Å². The number of nitrogens with zero attached hydrogens (tertiary/aromatic N) is 1. The lowest BCUT2D eigenvalue weighted by Gasteiger charge is -2.10. The Morgan fingerprint density at radius 1 is 1.30 bits per heavy atom. The van der Waals surface area contributed by atoms with Gasteiger partial charge in [0.05, 0.1) is 10.7 Å². The molecule has 106 valence electrons. The molecule has 0 saturated carbocycles. The predicted octanol–water partition coefficient (Wildman–Crippen LogP) is 3.64. The highest BCUT2D eigenvalue weighted by Gasteiger charge is 2.22. The molecule has 0 aliphatic heterocycles. The molecule has 20 heavy (non-hydrogen) atoms. The fraction of sp³-hybridized carbons (Fsp3) is 0.0833. The van der Waals surface area contributed by atoms with Gasteiger partial charge in [0.25, 0.3) is 10.0 Å². The third kappa shape index (κ3) is 3.03. The Labute approximate surface area is 125 Å². The van der Waals surface area contributed by atoms with E-state index in [1.54, 1.807) is 6.92 Å². The first-order valence-electron chi connectivity index (χ1n) is 5.40. The number of nitrogens with one attached hydrogen (secondary N) is 1. The minimum absolute atomic E-state index is 0.0263. The number of hydrogen-bond acceptors (Lipinski definition) is 3. The highest BCUT2D eigenvalue weighted by atomic mass is 35.5. The van der Waals surface area contributed by atoms with Crippen molar-refractivity contribution in [2.24, 2.45) is 0 Å². The number of pyridine rings is 1. The second-order valence-corrected chi connectivity index (χ2v) is 6.42. The van der Waals surface area contributed by atoms with Gasteiger partial charge in [-0.05, 0) is 30.7 Å². The summed E-state index contributed by atoms with van der Waals surface area (Å²) in [7, 11) is -4.14. The molecule has 4 nitrogen and oxygen atoms in total. The van der Waals surface area contributed by atoms with Gasteiger partial charge in [0, 0.05) is 6.20 Å². The Bertz CT molecular complexity index is 766. The first-order chi connectivity index (χ1) is 9.31. The Kier molecular flexibility index (Phi) is 4.17. The van der Waals surface area contributed by atoms with E-state index in [4.69, 9.17) is 23.2 Å². The summed E-state index contributed by atoms with van der Waals surface area (Å²) in [5.41, 5.74) is 0.782. The standard InChI is InChI=1S/C12H9Cl2FN2O2S/c1-7-5-9(12(14)16-6-7)17-20(18,19)10-4-2-3-8(13)11(10)15/h2-6,17H,1H3. The third-order valence-corrected chi connectivity index (χ3v) is 4.40. The van der Waals surface area contributed by atoms with Crippen molar-refractivity contribution in [3.63, 3.8) is 0 Å². The second-order valence-electron chi connectivity index (χ2n) is 4.01. The highest BCUT2D eigenvalue weighted by Crippen LogP contribution is 2.26. The van der Waals surface area contributed by atoms with Crippen molar-refractivity contribution in [3.8, 4) is 0 Å². The predicted molar refractivity (Wildman–Crippen MR) is 76.2 cm³/mol. The van der Waals surface area contributed by atoms with Crippen LogP contribution in [0.1, 0.15) is 5.56 Å². The van der Waals surface area contributed by atoms with E-state index in [0.29, 0.717) is 5.56 Å². The molecule has 8 heteroatoms. The van der Waals surface area contributed by atoms with Crippen molar-refractivity contribution in [1.82, 2.24) is 4.98 Å². The van der Waals surface area contributed by atoms with Gasteiger partial charge >= 0.3 is 0 Å². The molecule has 2 rings (SSSR count). The number of halogens is 3. The van der Waals surface area contributed by atoms with E-state index in [-0.39, 0.29) is 15.9 Å². The summed E-state index contributed by atoms with van der Waals surface area (Å²) >= 11 is 11.4. The quantitative estimate of drug-likeness (QED) is 0.872. The molecule has 0 bridgehead atoms. The molecule has 0 amide bonds. The minimum Gasteiger partial charge on any atom is -0.276 e. The van der Waals surface area contributed by atoms with Crippen LogP contribution in [0.5, 0.6) is 0 Å². The maximum absolute atomic E-state index is 13.8. The number of aryl methyl sites for hydroxylation is 1. The normalized spacial score (nSPS) is 11.4. The lowest BCUT2D eigenvalue weighted by Crippen LogP contribution is -2.15. The molecule has 1 aromatic carbocycles. The van der Waals surface area contributed by atoms with Crippen LogP contribution >= 0.6 is 23.2 Å². The molecule has 0 spiro atoms. The monoisotopic (exact) mass is 334 g/mol. The van der Waals surface area contributed by atoms with Gasteiger partial charge in [0.15, 0.2) is 11.0 Å². The molecule has 1 N–H and O–H groups in total. The van der Waals surface area contributed by atoms with Crippen LogP contribution in [0.2, 0.25) is 10.2 Å². The Hall–Kier alpha value is -1.37. The first kappa shape index (κ1) is 15.0. The summed E-state index contributed by atoms with van der Waals surface area (Å²) in [6, 6.07) is 5.21. The van der Waals surface area contributed by atoms with E-state index < -0.39 is 20.7 Å². The zero-order valence-electron chi connectivity index (χ0n) is 10.2. The van der Waals surface area contributed by atoms with Crippen molar-refractivity contribution >= 4 is 38.9 Å². The van der Waals surface area contributed by atoms with Gasteiger partial charge in [0.1, 0.15) is 4.90 Å². The maximum Gasteiger partial charge on any atom is 0.264 e. The lowest BCUT2D eigenvalue weighted by molar-refractivity contribution is 0.570. The molecule has 0 atom stereocenters. The summed E-state index contributed by atoms with van der Waals surface area (Å²) in [5.74, 6) is -1.02. The Balaban J connectivity index is 2.46. The molecule has 1 heterocycles. The average Bonchev–Trinajstić information content (AvgIpc) is 2.36. The van der Waals surface area contributed by atoms with Crippen molar-refractivity contribution in [2.75, 3.05) is 4.72 Å². The molecule has 0 radical (unpaired) electrons. The molecular weight excluding hydrogens is 326 g/mol. The van der Waals surface area contributed by atoms with Crippen molar-refractivity contribution < 1.29 is 12.8 Å². The number of anilines is 1. The minimum atomic E-state index is -4.14. The van der Waals surface area contributed by atoms with E-state index in [0.717, 1.165) is 6.07 Å². The molecule has 0 saturated heterocycles. The molecular formula is C12H9Cl2FN2O2S. The number of rotatable bonds is 3. The van der Waals surface area contributed by atoms with Crippen LogP contribution in [0.25, 0.3) is 0 Å². The van der Waals surface area contributed by atoms with Crippen LogP contribution in [0, 0.1) is 12.7 Å². The van der Waals surface area contributed by atoms with E-state index in [2.05, 4.69) is 9.71 Å². The number of benzene rings is 1. The van der Waals surface area contributed by atoms with Crippen LogP contribution < -0.4 is 4.72 Å². The van der Waals surface area contributed by atoms with Crippen LogP contribution in [0.4, 0.5) is 10.1 Å². The van der Waals surface area contributed by atoms with E-state index in [9.17, 15) is 12.8 Å². The van der Waals surface area contributed by atoms with Crippen molar-refractivity contribution in [2.45, 2.75) is 11.8 Å².